The number of benzene rings is 20. The van der Waals surface area contributed by atoms with Crippen molar-refractivity contribution >= 4 is 32.3 Å². The van der Waals surface area contributed by atoms with Crippen LogP contribution >= 0.6 is 0 Å². The molecule has 0 radical (unpaired) electrons. The Balaban J connectivity index is 0.000000117. The number of nitrogens with zero attached hydrogens (tertiary/aromatic N) is 5. The van der Waals surface area contributed by atoms with Gasteiger partial charge in [0.05, 0.1) is 22.8 Å². The lowest BCUT2D eigenvalue weighted by Gasteiger charge is -2.17. The lowest BCUT2D eigenvalue weighted by Crippen LogP contribution is -2.00. The van der Waals surface area contributed by atoms with E-state index >= 15 is 0 Å². The van der Waals surface area contributed by atoms with Gasteiger partial charge in [0.25, 0.3) is 0 Å². The zero-order valence-corrected chi connectivity index (χ0v) is 78.9. The smallest absolute Gasteiger partial charge is 0.226 e. The molecule has 0 fully saturated rings. The summed E-state index contributed by atoms with van der Waals surface area (Å²) in [6.07, 6.45) is 3.90. The molecule has 0 aliphatic carbocycles. The van der Waals surface area contributed by atoms with E-state index in [1.165, 1.54) is 0 Å². The Morgan fingerprint density at radius 2 is 0.428 bits per heavy atom. The third-order valence-corrected chi connectivity index (χ3v) is 26.7. The Labute approximate surface area is 840 Å². The van der Waals surface area contributed by atoms with Crippen LogP contribution in [0.1, 0.15) is 0 Å². The van der Waals surface area contributed by atoms with Gasteiger partial charge in [-0.2, -0.15) is 0 Å². The average Bonchev–Trinajstić information content (AvgIpc) is 1.61. The van der Waals surface area contributed by atoms with Crippen molar-refractivity contribution in [3.8, 4) is 220 Å². The van der Waals surface area contributed by atoms with Gasteiger partial charge in [0, 0.05) is 111 Å². The van der Waals surface area contributed by atoms with E-state index in [-0.39, 0.29) is 0 Å². The first kappa shape index (κ1) is 88.2. The quantitative estimate of drug-likeness (QED) is 0.0742. The molecule has 145 heavy (non-hydrogen) atoms. The fraction of sp³-hybridized carbons (Fsp3) is 0. The maximum Gasteiger partial charge on any atom is 0.226 e. The maximum absolute atomic E-state index is 7.23. The fourth-order valence-electron chi connectivity index (χ4n) is 19.9. The van der Waals surface area contributed by atoms with Gasteiger partial charge in [0.15, 0.2) is 5.82 Å². The van der Waals surface area contributed by atoms with Crippen molar-refractivity contribution in [3.63, 3.8) is 0 Å². The Bertz CT molecular complexity index is 9000. The highest BCUT2D eigenvalue weighted by molar-refractivity contribution is 6.12. The highest BCUT2D eigenvalue weighted by Crippen LogP contribution is 2.54. The number of aromatic nitrogens is 5. The van der Waals surface area contributed by atoms with Crippen LogP contribution in [-0.4, -0.2) is 24.5 Å². The number of rotatable bonds is 20. The van der Waals surface area contributed by atoms with Crippen LogP contribution in [0.5, 0.6) is 0 Å². The highest BCUT2D eigenvalue weighted by Gasteiger charge is 2.31. The van der Waals surface area contributed by atoms with Gasteiger partial charge in [-0.05, 0) is 91.0 Å². The Hall–Kier alpha value is -19.5. The minimum absolute atomic E-state index is 0.582. The number of furan rings is 3. The molecule has 26 rings (SSSR count). The highest BCUT2D eigenvalue weighted by atomic mass is 16.4. The monoisotopic (exact) mass is 1860 g/mol. The molecule has 0 saturated heterocycles. The summed E-state index contributed by atoms with van der Waals surface area (Å²) in [5, 5.41) is 6.33. The summed E-state index contributed by atoms with van der Waals surface area (Å²) < 4.78 is 29.8. The summed E-state index contributed by atoms with van der Waals surface area (Å²) in [6, 6.07) is 187. The zero-order chi connectivity index (χ0) is 96.6. The standard InChI is InChI=1S/C48H32N2O.C47H32N2O.C41H27NO2/c1-5-18-33(19-6-1)37-26-13-14-27-39(37)46-40-28-15-16-29-41(40)47(51-46)45-38(34-20-7-2-8-21-34)30-17-31-42(45)44-32-43(35-22-9-3-10-23-35)49-48(50-44)36-24-11-4-12-25-36;1-5-18-33(19-6-1)37-26-13-14-27-39(37)45-40-28-15-16-29-41(40)46(50-45)44-38(34-20-7-2-8-21-34)30-17-31-43(44)49-32-42(35-22-9-3-10-23-35)48-47(49)36-24-11-4-12-25-36;1-4-15-28(16-5-1)31-21-10-11-22-33(31)39-34-23-12-13-24-35(34)40(44-39)38-32(29-17-6-2-7-18-29)25-14-26-36(38)37-27-43-41(42-37)30-19-8-3-9-20-30/h1-32H;1-32H;1-27H. The molecule has 26 aromatic rings. The molecule has 9 heteroatoms. The molecule has 20 aromatic carbocycles. The molecule has 0 spiro atoms. The van der Waals surface area contributed by atoms with Crippen molar-refractivity contribution < 1.29 is 17.7 Å². The molecule has 0 bridgehead atoms. The van der Waals surface area contributed by atoms with Gasteiger partial charge >= 0.3 is 0 Å². The van der Waals surface area contributed by atoms with E-state index in [0.29, 0.717) is 11.7 Å². The van der Waals surface area contributed by atoms with E-state index in [9.17, 15) is 0 Å². The summed E-state index contributed by atoms with van der Waals surface area (Å²) in [6.45, 7) is 0. The predicted molar refractivity (Wildman–Crippen MR) is 595 cm³/mol. The summed E-state index contributed by atoms with van der Waals surface area (Å²) in [4.78, 5) is 20.6. The second-order valence-electron chi connectivity index (χ2n) is 35.6. The van der Waals surface area contributed by atoms with Gasteiger partial charge in [0.2, 0.25) is 5.89 Å². The summed E-state index contributed by atoms with van der Waals surface area (Å²) >= 11 is 0. The number of hydrogen-bond acceptors (Lipinski definition) is 8. The molecule has 0 aliphatic heterocycles. The molecule has 6 aromatic heterocycles. The minimum Gasteiger partial charge on any atom is -0.455 e. The zero-order valence-electron chi connectivity index (χ0n) is 78.9. The van der Waals surface area contributed by atoms with Crippen molar-refractivity contribution in [2.75, 3.05) is 0 Å². The maximum atomic E-state index is 7.23. The summed E-state index contributed by atoms with van der Waals surface area (Å²) in [5.74, 6) is 7.08. The summed E-state index contributed by atoms with van der Waals surface area (Å²) in [7, 11) is 0. The first-order chi connectivity index (χ1) is 72.0. The van der Waals surface area contributed by atoms with Crippen LogP contribution in [0.4, 0.5) is 0 Å². The molecule has 0 N–H and O–H groups in total. The molecule has 0 amide bonds. The molecule has 0 unspecified atom stereocenters. The largest absolute Gasteiger partial charge is 0.455 e. The average molecular weight is 1860 g/mol. The second-order valence-corrected chi connectivity index (χ2v) is 35.6. The SMILES string of the molecule is c1ccc(-c2cc(-c3cccc(-c4ccccc4)c3-c3oc(-c4ccccc4-c4ccccc4)c4ccccc34)nc(-c3ccccc3)n2)cc1.c1ccc(-c2cn(-c3cccc(-c4ccccc4)c3-c3oc(-c4ccccc4-c4ccccc4)c4ccccc34)c(-c3ccccc3)n2)cc1.c1ccc(-c2nc(-c3cccc(-c4ccccc4)c3-c3oc(-c4ccccc4-c4ccccc4)c4ccccc34)co2)cc1. The second kappa shape index (κ2) is 40.2. The van der Waals surface area contributed by atoms with Crippen LogP contribution in [0.2, 0.25) is 0 Å². The van der Waals surface area contributed by atoms with Crippen LogP contribution in [0.15, 0.2) is 570 Å². The van der Waals surface area contributed by atoms with E-state index < -0.39 is 0 Å². The normalized spacial score (nSPS) is 11.2. The van der Waals surface area contributed by atoms with Gasteiger partial charge < -0.3 is 17.7 Å². The van der Waals surface area contributed by atoms with Gasteiger partial charge in [-0.1, -0.05) is 516 Å². The van der Waals surface area contributed by atoms with Crippen molar-refractivity contribution in [2.45, 2.75) is 0 Å². The minimum atomic E-state index is 0.582. The van der Waals surface area contributed by atoms with Crippen molar-refractivity contribution in [3.05, 3.63) is 552 Å². The molecule has 6 heterocycles. The van der Waals surface area contributed by atoms with Crippen molar-refractivity contribution in [1.29, 1.82) is 0 Å². The van der Waals surface area contributed by atoms with E-state index in [4.69, 9.17) is 37.6 Å². The van der Waals surface area contributed by atoms with Crippen LogP contribution in [-0.2, 0) is 0 Å². The third-order valence-electron chi connectivity index (χ3n) is 26.7. The molecular formula is C136H91N5O4. The number of oxazole rings is 1. The number of fused-ring (bicyclic) bond motifs is 3. The van der Waals surface area contributed by atoms with Crippen LogP contribution in [0.3, 0.4) is 0 Å². The van der Waals surface area contributed by atoms with E-state index in [2.05, 4.69) is 454 Å². The van der Waals surface area contributed by atoms with Crippen molar-refractivity contribution in [1.82, 2.24) is 24.5 Å². The Morgan fingerprint density at radius 3 is 0.807 bits per heavy atom. The van der Waals surface area contributed by atoms with E-state index in [1.54, 1.807) is 6.26 Å². The molecule has 684 valence electrons. The molecule has 0 aliphatic rings. The molecule has 0 atom stereocenters. The molecule has 0 saturated carbocycles. The van der Waals surface area contributed by atoms with Crippen LogP contribution in [0.25, 0.3) is 252 Å². The molecular weight excluding hydrogens is 1770 g/mol. The van der Waals surface area contributed by atoms with Gasteiger partial charge in [-0.3, -0.25) is 4.57 Å². The lowest BCUT2D eigenvalue weighted by molar-refractivity contribution is 0.575. The van der Waals surface area contributed by atoms with E-state index in [1.807, 2.05) is 97.1 Å². The van der Waals surface area contributed by atoms with Gasteiger partial charge in [-0.25, -0.2) is 19.9 Å². The van der Waals surface area contributed by atoms with Crippen LogP contribution < -0.4 is 0 Å². The van der Waals surface area contributed by atoms with Gasteiger partial charge in [-0.15, -0.1) is 0 Å². The van der Waals surface area contributed by atoms with Crippen molar-refractivity contribution in [2.24, 2.45) is 0 Å². The topological polar surface area (TPSA) is 109 Å². The third kappa shape index (κ3) is 17.6. The lowest BCUT2D eigenvalue weighted by atomic mass is 9.90. The first-order valence-corrected chi connectivity index (χ1v) is 48.8. The fourth-order valence-corrected chi connectivity index (χ4v) is 19.9. The predicted octanol–water partition coefficient (Wildman–Crippen LogP) is 36.9. The Morgan fingerprint density at radius 1 is 0.166 bits per heavy atom. The summed E-state index contributed by atoms with van der Waals surface area (Å²) in [5.41, 5.74) is 30.7. The van der Waals surface area contributed by atoms with Gasteiger partial charge in [0.1, 0.15) is 52.3 Å². The molecule has 9 nitrogen and oxygen atoms in total. The van der Waals surface area contributed by atoms with Crippen LogP contribution in [0, 0.1) is 0 Å². The first-order valence-electron chi connectivity index (χ1n) is 48.8. The Kier molecular flexibility index (Phi) is 24.4. The number of hydrogen-bond donors (Lipinski definition) is 0. The van der Waals surface area contributed by atoms with E-state index in [0.717, 1.165) is 240 Å². The number of imidazole rings is 1.